The zero-order valence-corrected chi connectivity index (χ0v) is 20.6. The molecule has 166 valence electrons. The van der Waals surface area contributed by atoms with Crippen molar-refractivity contribution in [1.82, 2.24) is 29.5 Å². The van der Waals surface area contributed by atoms with Crippen molar-refractivity contribution < 1.29 is 4.79 Å². The van der Waals surface area contributed by atoms with Crippen LogP contribution in [-0.2, 0) is 17.1 Å². The molecule has 0 spiro atoms. The molecule has 7 nitrogen and oxygen atoms in total. The number of benzene rings is 1. The van der Waals surface area contributed by atoms with E-state index in [1.807, 2.05) is 30.0 Å². The number of carbonyl (C=O) groups is 1. The van der Waals surface area contributed by atoms with Crippen LogP contribution < -0.4 is 0 Å². The molecule has 0 saturated carbocycles. The average Bonchev–Trinajstić information content (AvgIpc) is 3.40. The molecule has 0 aliphatic carbocycles. The summed E-state index contributed by atoms with van der Waals surface area (Å²) in [5.74, 6) is 1.82. The highest BCUT2D eigenvalue weighted by atomic mass is 32.2. The molecule has 1 aromatic carbocycles. The van der Waals surface area contributed by atoms with Crippen LogP contribution >= 0.6 is 34.9 Å². The second kappa shape index (κ2) is 10.3. The number of thioether (sulfide) groups is 2. The van der Waals surface area contributed by atoms with Crippen LogP contribution in [0, 0.1) is 0 Å². The van der Waals surface area contributed by atoms with E-state index in [2.05, 4.69) is 39.6 Å². The van der Waals surface area contributed by atoms with Crippen LogP contribution in [0.4, 0.5) is 0 Å². The number of aromatic nitrogens is 4. The molecule has 1 aliphatic rings. The first-order valence-electron chi connectivity index (χ1n) is 10.7. The van der Waals surface area contributed by atoms with E-state index in [1.54, 1.807) is 23.1 Å². The zero-order chi connectivity index (χ0) is 21.8. The number of hydrogen-bond donors (Lipinski definition) is 0. The number of piperazine rings is 1. The van der Waals surface area contributed by atoms with E-state index in [0.29, 0.717) is 5.75 Å². The third kappa shape index (κ3) is 5.24. The average molecular weight is 477 g/mol. The van der Waals surface area contributed by atoms with E-state index in [9.17, 15) is 4.79 Å². The lowest BCUT2D eigenvalue weighted by Crippen LogP contribution is -2.50. The fourth-order valence-corrected chi connectivity index (χ4v) is 6.64. The summed E-state index contributed by atoms with van der Waals surface area (Å²) in [4.78, 5) is 22.0. The van der Waals surface area contributed by atoms with E-state index in [1.165, 1.54) is 16.5 Å². The van der Waals surface area contributed by atoms with Gasteiger partial charge in [-0.05, 0) is 32.5 Å². The van der Waals surface area contributed by atoms with Crippen molar-refractivity contribution in [2.24, 2.45) is 0 Å². The van der Waals surface area contributed by atoms with Gasteiger partial charge in [0.05, 0.1) is 21.2 Å². The normalized spacial score (nSPS) is 16.2. The predicted molar refractivity (Wildman–Crippen MR) is 129 cm³/mol. The number of rotatable bonds is 8. The molecule has 31 heavy (non-hydrogen) atoms. The summed E-state index contributed by atoms with van der Waals surface area (Å²) < 4.78 is 4.35. The number of thiazole rings is 1. The predicted octanol–water partition coefficient (Wildman–Crippen LogP) is 3.84. The number of likely N-dealkylation sites (N-methyl/N-ethyl adjacent to an activating group) is 1. The van der Waals surface area contributed by atoms with Gasteiger partial charge in [0, 0.05) is 32.7 Å². The van der Waals surface area contributed by atoms with Crippen LogP contribution in [0.25, 0.3) is 10.2 Å². The fourth-order valence-electron chi connectivity index (χ4n) is 3.62. The first kappa shape index (κ1) is 22.6. The van der Waals surface area contributed by atoms with Gasteiger partial charge in [-0.25, -0.2) is 4.98 Å². The lowest BCUT2D eigenvalue weighted by molar-refractivity contribution is -0.132. The Morgan fingerprint density at radius 1 is 1.13 bits per heavy atom. The standard InChI is InChI=1S/C21H28N6OS3/c1-4-25-10-12-26(13-11-25)19(28)15(3)30-20-24-23-18(27(20)5-2)14-29-21-22-16-8-6-7-9-17(16)31-21/h6-9,15H,4-5,10-14H2,1-3H3. The lowest BCUT2D eigenvalue weighted by atomic mass is 10.3. The molecule has 1 atom stereocenters. The maximum Gasteiger partial charge on any atom is 0.235 e. The fraction of sp³-hybridized carbons (Fsp3) is 0.524. The Bertz CT molecular complexity index is 994. The summed E-state index contributed by atoms with van der Waals surface area (Å²) >= 11 is 4.90. The van der Waals surface area contributed by atoms with Crippen LogP contribution in [-0.4, -0.2) is 73.4 Å². The van der Waals surface area contributed by atoms with Gasteiger partial charge in [-0.15, -0.1) is 21.5 Å². The van der Waals surface area contributed by atoms with E-state index in [4.69, 9.17) is 4.98 Å². The lowest BCUT2D eigenvalue weighted by Gasteiger charge is -2.35. The Morgan fingerprint density at radius 3 is 2.61 bits per heavy atom. The van der Waals surface area contributed by atoms with Crippen LogP contribution in [0.2, 0.25) is 0 Å². The van der Waals surface area contributed by atoms with E-state index in [0.717, 1.165) is 60.1 Å². The van der Waals surface area contributed by atoms with E-state index in [-0.39, 0.29) is 11.2 Å². The minimum Gasteiger partial charge on any atom is -0.339 e. The number of amides is 1. The van der Waals surface area contributed by atoms with Gasteiger partial charge in [-0.1, -0.05) is 42.6 Å². The Kier molecular flexibility index (Phi) is 7.52. The second-order valence-corrected chi connectivity index (χ2v) is 11.0. The molecule has 1 amide bonds. The summed E-state index contributed by atoms with van der Waals surface area (Å²) in [7, 11) is 0. The first-order chi connectivity index (χ1) is 15.1. The molecule has 10 heteroatoms. The Hall–Kier alpha value is -1.62. The molecule has 4 rings (SSSR count). The number of hydrogen-bond acceptors (Lipinski definition) is 8. The molecule has 0 N–H and O–H groups in total. The highest BCUT2D eigenvalue weighted by molar-refractivity contribution is 8.00. The van der Waals surface area contributed by atoms with Crippen molar-refractivity contribution in [3.8, 4) is 0 Å². The summed E-state index contributed by atoms with van der Waals surface area (Å²) in [6.07, 6.45) is 0. The SMILES string of the molecule is CCN1CCN(C(=O)C(C)Sc2nnc(CSc3nc4ccccc4s3)n2CC)CC1. The Labute approximate surface area is 195 Å². The first-order valence-corrected chi connectivity index (χ1v) is 13.4. The third-order valence-corrected chi connectivity index (χ3v) is 8.71. The van der Waals surface area contributed by atoms with Crippen LogP contribution in [0.5, 0.6) is 0 Å². The van der Waals surface area contributed by atoms with Gasteiger partial charge in [-0.2, -0.15) is 0 Å². The highest BCUT2D eigenvalue weighted by Gasteiger charge is 2.26. The summed E-state index contributed by atoms with van der Waals surface area (Å²) in [5.41, 5.74) is 1.04. The molecule has 1 fully saturated rings. The van der Waals surface area contributed by atoms with E-state index < -0.39 is 0 Å². The highest BCUT2D eigenvalue weighted by Crippen LogP contribution is 2.32. The minimum atomic E-state index is -0.174. The maximum absolute atomic E-state index is 12.9. The molecule has 1 aliphatic heterocycles. The van der Waals surface area contributed by atoms with Gasteiger partial charge in [0.2, 0.25) is 5.91 Å². The van der Waals surface area contributed by atoms with E-state index >= 15 is 0 Å². The van der Waals surface area contributed by atoms with Crippen molar-refractivity contribution in [1.29, 1.82) is 0 Å². The Morgan fingerprint density at radius 2 is 1.90 bits per heavy atom. The van der Waals surface area contributed by atoms with Crippen LogP contribution in [0.1, 0.15) is 26.6 Å². The molecule has 3 aromatic rings. The number of fused-ring (bicyclic) bond motifs is 1. The molecular weight excluding hydrogens is 448 g/mol. The minimum absolute atomic E-state index is 0.174. The number of nitrogens with zero attached hydrogens (tertiary/aromatic N) is 6. The quantitative estimate of drug-likeness (QED) is 0.458. The van der Waals surface area contributed by atoms with Crippen LogP contribution in [0.15, 0.2) is 33.8 Å². The van der Waals surface area contributed by atoms with Crippen LogP contribution in [0.3, 0.4) is 0 Å². The molecule has 1 saturated heterocycles. The molecular formula is C21H28N6OS3. The van der Waals surface area contributed by atoms with Crippen molar-refractivity contribution in [3.63, 3.8) is 0 Å². The van der Waals surface area contributed by atoms with Gasteiger partial charge in [0.25, 0.3) is 0 Å². The third-order valence-electron chi connectivity index (χ3n) is 5.47. The van der Waals surface area contributed by atoms with Crippen molar-refractivity contribution in [2.45, 2.75) is 47.8 Å². The van der Waals surface area contributed by atoms with Gasteiger partial charge < -0.3 is 14.4 Å². The smallest absolute Gasteiger partial charge is 0.235 e. The van der Waals surface area contributed by atoms with Gasteiger partial charge in [-0.3, -0.25) is 4.79 Å². The van der Waals surface area contributed by atoms with Crippen molar-refractivity contribution >= 4 is 51.0 Å². The molecule has 0 bridgehead atoms. The topological polar surface area (TPSA) is 67.2 Å². The van der Waals surface area contributed by atoms with Gasteiger partial charge in [0.15, 0.2) is 9.50 Å². The zero-order valence-electron chi connectivity index (χ0n) is 18.2. The number of carbonyl (C=O) groups excluding carboxylic acids is 1. The Balaban J connectivity index is 1.37. The maximum atomic E-state index is 12.9. The van der Waals surface area contributed by atoms with Crippen molar-refractivity contribution in [3.05, 3.63) is 30.1 Å². The summed E-state index contributed by atoms with van der Waals surface area (Å²) in [6.45, 7) is 11.6. The monoisotopic (exact) mass is 476 g/mol. The molecule has 0 radical (unpaired) electrons. The molecule has 2 aromatic heterocycles. The largest absolute Gasteiger partial charge is 0.339 e. The van der Waals surface area contributed by atoms with Crippen molar-refractivity contribution in [2.75, 3.05) is 32.7 Å². The summed E-state index contributed by atoms with van der Waals surface area (Å²) in [5, 5.41) is 9.46. The molecule has 3 heterocycles. The molecule has 1 unspecified atom stereocenters. The number of para-hydroxylation sites is 1. The summed E-state index contributed by atoms with van der Waals surface area (Å²) in [6, 6.07) is 8.19. The second-order valence-electron chi connectivity index (χ2n) is 7.40. The van der Waals surface area contributed by atoms with Gasteiger partial charge in [0.1, 0.15) is 5.82 Å². The van der Waals surface area contributed by atoms with Gasteiger partial charge >= 0.3 is 0 Å².